The van der Waals surface area contributed by atoms with E-state index in [1.807, 2.05) is 0 Å². The van der Waals surface area contributed by atoms with Gasteiger partial charge in [-0.2, -0.15) is 0 Å². The quantitative estimate of drug-likeness (QED) is 0.156. The number of fused-ring (bicyclic) bond motifs is 6. The van der Waals surface area contributed by atoms with Gasteiger partial charge in [0.2, 0.25) is 0 Å². The van der Waals surface area contributed by atoms with E-state index in [1.165, 1.54) is 89.0 Å². The molecule has 0 spiro atoms. The fraction of sp³-hybridized carbons (Fsp3) is 0.133. The van der Waals surface area contributed by atoms with Gasteiger partial charge in [0.1, 0.15) is 0 Å². The van der Waals surface area contributed by atoms with E-state index in [2.05, 4.69) is 233 Å². The summed E-state index contributed by atoms with van der Waals surface area (Å²) in [5.74, 6) is 0. The second kappa shape index (κ2) is 14.4. The van der Waals surface area contributed by atoms with Crippen LogP contribution in [0, 0.1) is 0 Å². The highest BCUT2D eigenvalue weighted by molar-refractivity contribution is 5.96. The normalized spacial score (nSPS) is 15.0. The SMILES string of the molecule is CC1(C)c2cc(N(c3ccc(C4=CCCC=C4)cc3)c3ccccc3-c3ccccc3)ccc2-c2cc3c(cc21)-c1cc(-c2ccccc2)cc(-c2ccccc2)c1C3(C)C. The molecule has 3 aliphatic rings. The van der Waals surface area contributed by atoms with Crippen molar-refractivity contribution in [2.24, 2.45) is 0 Å². The molecule has 0 atom stereocenters. The molecule has 0 amide bonds. The molecule has 8 aromatic rings. The summed E-state index contributed by atoms with van der Waals surface area (Å²) in [7, 11) is 0. The molecule has 0 aromatic heterocycles. The number of anilines is 3. The number of rotatable bonds is 7. The minimum Gasteiger partial charge on any atom is -0.310 e. The van der Waals surface area contributed by atoms with Gasteiger partial charge in [0, 0.05) is 27.8 Å². The van der Waals surface area contributed by atoms with Crippen LogP contribution >= 0.6 is 0 Å². The first-order valence-electron chi connectivity index (χ1n) is 21.8. The van der Waals surface area contributed by atoms with Gasteiger partial charge in [0.05, 0.1) is 5.69 Å². The number of allylic oxidation sites excluding steroid dienone is 4. The first-order chi connectivity index (χ1) is 29.8. The highest BCUT2D eigenvalue weighted by Gasteiger charge is 2.43. The Morgan fingerprint density at radius 2 is 0.934 bits per heavy atom. The van der Waals surface area contributed by atoms with Gasteiger partial charge in [-0.05, 0) is 151 Å². The van der Waals surface area contributed by atoms with Crippen molar-refractivity contribution in [3.8, 4) is 55.6 Å². The van der Waals surface area contributed by atoms with Crippen molar-refractivity contribution < 1.29 is 0 Å². The number of para-hydroxylation sites is 1. The Bertz CT molecular complexity index is 3040. The molecule has 8 aromatic carbocycles. The largest absolute Gasteiger partial charge is 0.310 e. The van der Waals surface area contributed by atoms with Crippen LogP contribution in [0.2, 0.25) is 0 Å². The maximum atomic E-state index is 2.55. The average molecular weight is 784 g/mol. The molecule has 0 heterocycles. The maximum Gasteiger partial charge on any atom is 0.0540 e. The lowest BCUT2D eigenvalue weighted by Gasteiger charge is -2.30. The summed E-state index contributed by atoms with van der Waals surface area (Å²) in [4.78, 5) is 2.46. The van der Waals surface area contributed by atoms with E-state index in [9.17, 15) is 0 Å². The lowest BCUT2D eigenvalue weighted by Crippen LogP contribution is -2.18. The fourth-order valence-corrected chi connectivity index (χ4v) is 10.5. The predicted molar refractivity (Wildman–Crippen MR) is 259 cm³/mol. The topological polar surface area (TPSA) is 3.24 Å². The summed E-state index contributed by atoms with van der Waals surface area (Å²) in [5.41, 5.74) is 24.0. The molecule has 3 aliphatic carbocycles. The van der Waals surface area contributed by atoms with E-state index in [1.54, 1.807) is 0 Å². The first kappa shape index (κ1) is 37.1. The molecular formula is C60H49N. The zero-order chi connectivity index (χ0) is 41.3. The molecule has 0 bridgehead atoms. The Labute approximate surface area is 361 Å². The molecule has 0 N–H and O–H groups in total. The van der Waals surface area contributed by atoms with Crippen LogP contribution in [0.15, 0.2) is 200 Å². The second-order valence-corrected chi connectivity index (χ2v) is 18.0. The van der Waals surface area contributed by atoms with Gasteiger partial charge in [-0.1, -0.05) is 173 Å². The monoisotopic (exact) mass is 783 g/mol. The maximum absolute atomic E-state index is 2.55. The standard InChI is InChI=1S/C60H49N/c1-59(2)54-37-47(61(46-31-29-42(30-32-46)40-19-9-5-10-20-40)57-28-18-17-27-48(57)43-23-13-7-14-24-43)33-34-49(54)51-38-56-52(39-55(51)59)53-36-45(41-21-11-6-12-22-41)35-50(58(53)60(56,3)4)44-25-15-8-16-26-44/h6-9,11-39H,5,10H2,1-4H3. The summed E-state index contributed by atoms with van der Waals surface area (Å²) in [6.07, 6.45) is 9.11. The third-order valence-corrected chi connectivity index (χ3v) is 13.7. The molecular weight excluding hydrogens is 735 g/mol. The van der Waals surface area contributed by atoms with Gasteiger partial charge in [0.25, 0.3) is 0 Å². The third-order valence-electron chi connectivity index (χ3n) is 13.7. The average Bonchev–Trinajstić information content (AvgIpc) is 3.68. The van der Waals surface area contributed by atoms with Crippen molar-refractivity contribution in [2.45, 2.75) is 51.4 Å². The second-order valence-electron chi connectivity index (χ2n) is 18.0. The van der Waals surface area contributed by atoms with Crippen molar-refractivity contribution in [1.29, 1.82) is 0 Å². The first-order valence-corrected chi connectivity index (χ1v) is 21.8. The zero-order valence-corrected chi connectivity index (χ0v) is 35.4. The van der Waals surface area contributed by atoms with Crippen LogP contribution in [0.4, 0.5) is 17.1 Å². The van der Waals surface area contributed by atoms with Crippen molar-refractivity contribution in [1.82, 2.24) is 0 Å². The Hall–Kier alpha value is -6.96. The molecule has 0 aliphatic heterocycles. The van der Waals surface area contributed by atoms with Crippen LogP contribution < -0.4 is 4.90 Å². The number of benzene rings is 8. The van der Waals surface area contributed by atoms with E-state index < -0.39 is 0 Å². The number of nitrogens with zero attached hydrogens (tertiary/aromatic N) is 1. The number of hydrogen-bond acceptors (Lipinski definition) is 1. The van der Waals surface area contributed by atoms with Crippen LogP contribution in [0.5, 0.6) is 0 Å². The van der Waals surface area contributed by atoms with Gasteiger partial charge in [-0.25, -0.2) is 0 Å². The molecule has 1 nitrogen and oxygen atoms in total. The smallest absolute Gasteiger partial charge is 0.0540 e. The minimum atomic E-state index is -0.226. The Morgan fingerprint density at radius 1 is 0.377 bits per heavy atom. The van der Waals surface area contributed by atoms with Gasteiger partial charge >= 0.3 is 0 Å². The number of hydrogen-bond donors (Lipinski definition) is 0. The molecule has 0 unspecified atom stereocenters. The molecule has 0 radical (unpaired) electrons. The van der Waals surface area contributed by atoms with Crippen LogP contribution in [-0.2, 0) is 10.8 Å². The molecule has 61 heavy (non-hydrogen) atoms. The molecule has 0 saturated carbocycles. The van der Waals surface area contributed by atoms with Crippen molar-refractivity contribution in [3.63, 3.8) is 0 Å². The van der Waals surface area contributed by atoms with Crippen molar-refractivity contribution in [3.05, 3.63) is 228 Å². The Balaban J connectivity index is 1.06. The van der Waals surface area contributed by atoms with Crippen LogP contribution in [-0.4, -0.2) is 0 Å². The van der Waals surface area contributed by atoms with E-state index in [4.69, 9.17) is 0 Å². The Morgan fingerprint density at radius 3 is 1.61 bits per heavy atom. The minimum absolute atomic E-state index is 0.194. The van der Waals surface area contributed by atoms with E-state index in [-0.39, 0.29) is 10.8 Å². The van der Waals surface area contributed by atoms with E-state index in [0.29, 0.717) is 0 Å². The summed E-state index contributed by atoms with van der Waals surface area (Å²) in [6, 6.07) is 67.8. The lowest BCUT2D eigenvalue weighted by atomic mass is 9.77. The van der Waals surface area contributed by atoms with Crippen LogP contribution in [0.3, 0.4) is 0 Å². The molecule has 0 fully saturated rings. The third kappa shape index (κ3) is 6.06. The lowest BCUT2D eigenvalue weighted by molar-refractivity contribution is 0.653. The van der Waals surface area contributed by atoms with Crippen molar-refractivity contribution >= 4 is 22.6 Å². The van der Waals surface area contributed by atoms with Crippen molar-refractivity contribution in [2.75, 3.05) is 4.90 Å². The van der Waals surface area contributed by atoms with Gasteiger partial charge < -0.3 is 4.90 Å². The molecule has 294 valence electrons. The highest BCUT2D eigenvalue weighted by Crippen LogP contribution is 2.59. The zero-order valence-electron chi connectivity index (χ0n) is 35.4. The van der Waals surface area contributed by atoms with Gasteiger partial charge in [-0.15, -0.1) is 0 Å². The van der Waals surface area contributed by atoms with E-state index in [0.717, 1.165) is 29.9 Å². The molecule has 0 saturated heterocycles. The fourth-order valence-electron chi connectivity index (χ4n) is 10.5. The van der Waals surface area contributed by atoms with Gasteiger partial charge in [0.15, 0.2) is 0 Å². The van der Waals surface area contributed by atoms with Crippen LogP contribution in [0.1, 0.15) is 68.4 Å². The summed E-state index contributed by atoms with van der Waals surface area (Å²) in [6.45, 7) is 9.70. The van der Waals surface area contributed by atoms with Gasteiger partial charge in [-0.3, -0.25) is 0 Å². The summed E-state index contributed by atoms with van der Waals surface area (Å²) < 4.78 is 0. The Kier molecular flexibility index (Phi) is 8.72. The molecule has 11 rings (SSSR count). The van der Waals surface area contributed by atoms with E-state index >= 15 is 0 Å². The summed E-state index contributed by atoms with van der Waals surface area (Å²) in [5, 5.41) is 0. The molecule has 1 heteroatoms. The summed E-state index contributed by atoms with van der Waals surface area (Å²) >= 11 is 0. The predicted octanol–water partition coefficient (Wildman–Crippen LogP) is 16.5. The van der Waals surface area contributed by atoms with Crippen LogP contribution in [0.25, 0.3) is 61.2 Å². The highest BCUT2D eigenvalue weighted by atomic mass is 15.1.